The predicted octanol–water partition coefficient (Wildman–Crippen LogP) is 2.98. The average molecular weight is 291 g/mol. The fraction of sp³-hybridized carbons (Fsp3) is 0.824. The predicted molar refractivity (Wildman–Crippen MR) is 84.3 cm³/mol. The molecule has 4 heteroatoms. The van der Waals surface area contributed by atoms with Crippen molar-refractivity contribution in [1.29, 1.82) is 0 Å². The lowest BCUT2D eigenvalue weighted by atomic mass is 9.74. The van der Waals surface area contributed by atoms with Crippen molar-refractivity contribution in [3.63, 3.8) is 0 Å². The van der Waals surface area contributed by atoms with Gasteiger partial charge in [0.15, 0.2) is 0 Å². The molecule has 1 aromatic rings. The van der Waals surface area contributed by atoms with Crippen LogP contribution in [0, 0.1) is 5.41 Å². The Morgan fingerprint density at radius 2 is 2.24 bits per heavy atom. The highest BCUT2D eigenvalue weighted by Gasteiger charge is 2.37. The van der Waals surface area contributed by atoms with E-state index >= 15 is 0 Å². The second-order valence-electron chi connectivity index (χ2n) is 7.61. The van der Waals surface area contributed by atoms with E-state index in [0.29, 0.717) is 11.5 Å². The number of nitrogens with zero attached hydrogens (tertiary/aromatic N) is 2. The van der Waals surface area contributed by atoms with Crippen LogP contribution in [-0.4, -0.2) is 27.5 Å². The highest BCUT2D eigenvalue weighted by atomic mass is 16.3. The van der Waals surface area contributed by atoms with Crippen LogP contribution in [0.2, 0.25) is 0 Å². The highest BCUT2D eigenvalue weighted by molar-refractivity contribution is 5.28. The third kappa shape index (κ3) is 2.88. The number of aliphatic hydroxyl groups excluding tert-OH is 1. The summed E-state index contributed by atoms with van der Waals surface area (Å²) in [6, 6.07) is 0.602. The molecule has 0 radical (unpaired) electrons. The summed E-state index contributed by atoms with van der Waals surface area (Å²) in [6.45, 7) is 7.95. The van der Waals surface area contributed by atoms with Crippen molar-refractivity contribution >= 4 is 0 Å². The molecular formula is C17H29N3O. The van der Waals surface area contributed by atoms with Crippen LogP contribution in [0.1, 0.15) is 76.2 Å². The lowest BCUT2D eigenvalue weighted by molar-refractivity contribution is 0.126. The maximum absolute atomic E-state index is 10.2. The molecule has 2 aliphatic rings. The Labute approximate surface area is 127 Å². The van der Waals surface area contributed by atoms with E-state index in [0.717, 1.165) is 38.6 Å². The van der Waals surface area contributed by atoms with Crippen LogP contribution in [0.5, 0.6) is 0 Å². The normalized spacial score (nSPS) is 31.3. The van der Waals surface area contributed by atoms with Crippen molar-refractivity contribution < 1.29 is 5.11 Å². The van der Waals surface area contributed by atoms with Gasteiger partial charge >= 0.3 is 0 Å². The molecule has 4 nitrogen and oxygen atoms in total. The molecule has 2 N–H and O–H groups in total. The van der Waals surface area contributed by atoms with Crippen molar-refractivity contribution in [1.82, 2.24) is 15.1 Å². The van der Waals surface area contributed by atoms with Gasteiger partial charge in [0.25, 0.3) is 0 Å². The Hall–Kier alpha value is -0.870. The zero-order valence-corrected chi connectivity index (χ0v) is 13.6. The zero-order valence-electron chi connectivity index (χ0n) is 13.6. The van der Waals surface area contributed by atoms with Gasteiger partial charge < -0.3 is 10.4 Å². The molecule has 3 unspecified atom stereocenters. The Bertz CT molecular complexity index is 494. The van der Waals surface area contributed by atoms with E-state index in [2.05, 4.69) is 35.9 Å². The van der Waals surface area contributed by atoms with Gasteiger partial charge in [0.05, 0.1) is 18.3 Å². The van der Waals surface area contributed by atoms with Crippen molar-refractivity contribution in [2.24, 2.45) is 5.41 Å². The van der Waals surface area contributed by atoms with Crippen LogP contribution in [0.25, 0.3) is 0 Å². The molecule has 21 heavy (non-hydrogen) atoms. The monoisotopic (exact) mass is 291 g/mol. The second kappa shape index (κ2) is 5.73. The Balaban J connectivity index is 1.91. The van der Waals surface area contributed by atoms with Crippen molar-refractivity contribution in [2.75, 3.05) is 6.54 Å². The molecule has 0 aliphatic heterocycles. The van der Waals surface area contributed by atoms with Crippen LogP contribution >= 0.6 is 0 Å². The van der Waals surface area contributed by atoms with E-state index in [1.54, 1.807) is 0 Å². The Morgan fingerprint density at radius 3 is 2.90 bits per heavy atom. The molecule has 118 valence electrons. The summed E-state index contributed by atoms with van der Waals surface area (Å²) in [5, 5.41) is 18.6. The lowest BCUT2D eigenvalue weighted by Gasteiger charge is -2.36. The molecule has 0 aromatic carbocycles. The first-order valence-corrected chi connectivity index (χ1v) is 8.49. The number of hydrogen-bond acceptors (Lipinski definition) is 3. The Morgan fingerprint density at radius 1 is 1.43 bits per heavy atom. The highest BCUT2D eigenvalue weighted by Crippen LogP contribution is 2.42. The molecule has 0 saturated heterocycles. The molecule has 3 rings (SSSR count). The fourth-order valence-electron chi connectivity index (χ4n) is 4.06. The lowest BCUT2D eigenvalue weighted by Crippen LogP contribution is -2.35. The van der Waals surface area contributed by atoms with Gasteiger partial charge in [-0.15, -0.1) is 0 Å². The molecule has 2 aliphatic carbocycles. The van der Waals surface area contributed by atoms with Crippen LogP contribution in [0.4, 0.5) is 0 Å². The maximum atomic E-state index is 10.2. The first-order chi connectivity index (χ1) is 10.0. The van der Waals surface area contributed by atoms with Crippen molar-refractivity contribution in [3.8, 4) is 0 Å². The van der Waals surface area contributed by atoms with E-state index in [1.165, 1.54) is 17.7 Å². The van der Waals surface area contributed by atoms with Gasteiger partial charge in [-0.3, -0.25) is 4.68 Å². The van der Waals surface area contributed by atoms with Crippen molar-refractivity contribution in [2.45, 2.75) is 77.5 Å². The van der Waals surface area contributed by atoms with Gasteiger partial charge in [-0.05, 0) is 50.5 Å². The first-order valence-electron chi connectivity index (χ1n) is 8.49. The SMILES string of the molecule is CCCNC1CC(C)(C)Cc2c1cnn2C1CCCC1O. The summed E-state index contributed by atoms with van der Waals surface area (Å²) >= 11 is 0. The molecule has 1 fully saturated rings. The summed E-state index contributed by atoms with van der Waals surface area (Å²) < 4.78 is 2.15. The standard InChI is InChI=1S/C17H29N3O/c1-4-8-18-13-9-17(2,3)10-15-12(13)11-19-20(15)14-6-5-7-16(14)21/h11,13-14,16,18,21H,4-10H2,1-3H3. The molecular weight excluding hydrogens is 262 g/mol. The number of fused-ring (bicyclic) bond motifs is 1. The fourth-order valence-corrected chi connectivity index (χ4v) is 4.06. The van der Waals surface area contributed by atoms with Gasteiger partial charge in [0.2, 0.25) is 0 Å². The number of hydrogen-bond donors (Lipinski definition) is 2. The number of rotatable bonds is 4. The van der Waals surface area contributed by atoms with Crippen LogP contribution < -0.4 is 5.32 Å². The maximum Gasteiger partial charge on any atom is 0.0781 e. The molecule has 1 saturated carbocycles. The molecule has 3 atom stereocenters. The summed E-state index contributed by atoms with van der Waals surface area (Å²) in [5.74, 6) is 0. The summed E-state index contributed by atoms with van der Waals surface area (Å²) in [7, 11) is 0. The summed E-state index contributed by atoms with van der Waals surface area (Å²) in [6.07, 6.45) is 8.30. The second-order valence-corrected chi connectivity index (χ2v) is 7.61. The van der Waals surface area contributed by atoms with Crippen molar-refractivity contribution in [3.05, 3.63) is 17.5 Å². The third-order valence-electron chi connectivity index (χ3n) is 5.11. The van der Waals surface area contributed by atoms with E-state index in [-0.39, 0.29) is 12.1 Å². The molecule has 1 aromatic heterocycles. The van der Waals surface area contributed by atoms with E-state index in [1.807, 2.05) is 6.20 Å². The minimum absolute atomic E-state index is 0.189. The quantitative estimate of drug-likeness (QED) is 0.896. The number of aromatic nitrogens is 2. The van der Waals surface area contributed by atoms with E-state index in [9.17, 15) is 5.11 Å². The minimum Gasteiger partial charge on any atom is -0.391 e. The molecule has 1 heterocycles. The topological polar surface area (TPSA) is 50.1 Å². The smallest absolute Gasteiger partial charge is 0.0781 e. The first kappa shape index (κ1) is 15.0. The third-order valence-corrected chi connectivity index (χ3v) is 5.11. The summed E-state index contributed by atoms with van der Waals surface area (Å²) in [5.41, 5.74) is 3.01. The molecule has 0 amide bonds. The van der Waals surface area contributed by atoms with Gasteiger partial charge in [0.1, 0.15) is 0 Å². The van der Waals surface area contributed by atoms with E-state index in [4.69, 9.17) is 0 Å². The summed E-state index contributed by atoms with van der Waals surface area (Å²) in [4.78, 5) is 0. The largest absolute Gasteiger partial charge is 0.391 e. The average Bonchev–Trinajstić information content (AvgIpc) is 3.00. The molecule has 0 bridgehead atoms. The Kier molecular flexibility index (Phi) is 4.10. The van der Waals surface area contributed by atoms with Crippen LogP contribution in [0.3, 0.4) is 0 Å². The molecule has 0 spiro atoms. The van der Waals surface area contributed by atoms with E-state index < -0.39 is 0 Å². The van der Waals surface area contributed by atoms with Gasteiger partial charge in [-0.25, -0.2) is 0 Å². The van der Waals surface area contributed by atoms with Gasteiger partial charge in [-0.2, -0.15) is 5.10 Å². The minimum atomic E-state index is -0.221. The van der Waals surface area contributed by atoms with Gasteiger partial charge in [-0.1, -0.05) is 20.8 Å². The van der Waals surface area contributed by atoms with Crippen LogP contribution in [-0.2, 0) is 6.42 Å². The zero-order chi connectivity index (χ0) is 15.0. The van der Waals surface area contributed by atoms with Gasteiger partial charge in [0, 0.05) is 17.3 Å². The number of aliphatic hydroxyl groups is 1. The van der Waals surface area contributed by atoms with Crippen LogP contribution in [0.15, 0.2) is 6.20 Å². The number of nitrogens with one attached hydrogen (secondary N) is 1.